The number of rotatable bonds is 6. The summed E-state index contributed by atoms with van der Waals surface area (Å²) in [6.07, 6.45) is 1.79. The minimum Gasteiger partial charge on any atom is -0.422 e. The van der Waals surface area contributed by atoms with Crippen LogP contribution in [-0.2, 0) is 12.8 Å². The molecule has 0 saturated heterocycles. The normalized spacial score (nSPS) is 10.9. The lowest BCUT2D eigenvalue weighted by atomic mass is 10.0. The molecule has 0 unspecified atom stereocenters. The summed E-state index contributed by atoms with van der Waals surface area (Å²) in [5.41, 5.74) is 3.26. The van der Waals surface area contributed by atoms with Gasteiger partial charge in [-0.2, -0.15) is 0 Å². The van der Waals surface area contributed by atoms with Crippen molar-refractivity contribution < 1.29 is 19.1 Å². The Bertz CT molecular complexity index is 1390. The maximum absolute atomic E-state index is 13.1. The van der Waals surface area contributed by atoms with E-state index in [9.17, 15) is 9.59 Å². The predicted molar refractivity (Wildman–Crippen MR) is 143 cm³/mol. The number of carbonyl (C=O) groups excluding carboxylic acids is 2. The average molecular weight is 475 g/mol. The van der Waals surface area contributed by atoms with Crippen molar-refractivity contribution in [3.63, 3.8) is 0 Å². The number of hydrogen-bond donors (Lipinski definition) is 0. The molecule has 0 N–H and O–H groups in total. The largest absolute Gasteiger partial charge is 0.422 e. The SMILES string of the molecule is CCc1ccc(C(=O)Oc2c3ccccc3c(OC(=O)c3ccc(CC)cc3)c3ccccc23)cc1. The Labute approximate surface area is 210 Å². The van der Waals surface area contributed by atoms with E-state index in [1.807, 2.05) is 72.8 Å². The first-order chi connectivity index (χ1) is 17.6. The molecule has 4 heteroatoms. The van der Waals surface area contributed by atoms with Gasteiger partial charge >= 0.3 is 11.9 Å². The lowest BCUT2D eigenvalue weighted by molar-refractivity contribution is 0.0726. The van der Waals surface area contributed by atoms with E-state index in [0.29, 0.717) is 44.2 Å². The fourth-order valence-electron chi connectivity index (χ4n) is 4.32. The zero-order valence-electron chi connectivity index (χ0n) is 20.3. The molecule has 0 aromatic heterocycles. The van der Waals surface area contributed by atoms with Crippen LogP contribution in [0.3, 0.4) is 0 Å². The molecular weight excluding hydrogens is 448 g/mol. The lowest BCUT2D eigenvalue weighted by Gasteiger charge is -2.16. The quantitative estimate of drug-likeness (QED) is 0.145. The van der Waals surface area contributed by atoms with Gasteiger partial charge in [0.15, 0.2) is 0 Å². The monoisotopic (exact) mass is 474 g/mol. The van der Waals surface area contributed by atoms with Crippen LogP contribution < -0.4 is 9.47 Å². The minimum atomic E-state index is -0.436. The highest BCUT2D eigenvalue weighted by molar-refractivity contribution is 6.13. The number of ether oxygens (including phenoxy) is 2. The predicted octanol–water partition coefficient (Wildman–Crippen LogP) is 7.56. The summed E-state index contributed by atoms with van der Waals surface area (Å²) in [7, 11) is 0. The van der Waals surface area contributed by atoms with Gasteiger partial charge in [0, 0.05) is 21.5 Å². The molecular formula is C32H26O4. The summed E-state index contributed by atoms with van der Waals surface area (Å²) in [6, 6.07) is 29.9. The fraction of sp³-hybridized carbons (Fsp3) is 0.125. The number of benzene rings is 5. The summed E-state index contributed by atoms with van der Waals surface area (Å²) in [4.78, 5) is 26.2. The number of aryl methyl sites for hydroxylation is 2. The van der Waals surface area contributed by atoms with E-state index >= 15 is 0 Å². The smallest absolute Gasteiger partial charge is 0.343 e. The molecule has 5 aromatic carbocycles. The molecule has 0 saturated carbocycles. The number of hydrogen-bond acceptors (Lipinski definition) is 4. The Balaban J connectivity index is 1.59. The number of esters is 2. The van der Waals surface area contributed by atoms with Gasteiger partial charge in [-0.3, -0.25) is 0 Å². The van der Waals surface area contributed by atoms with Crippen LogP contribution in [0.2, 0.25) is 0 Å². The summed E-state index contributed by atoms with van der Waals surface area (Å²) in [5, 5.41) is 2.77. The summed E-state index contributed by atoms with van der Waals surface area (Å²) in [6.45, 7) is 4.14. The van der Waals surface area contributed by atoms with E-state index in [1.54, 1.807) is 24.3 Å². The van der Waals surface area contributed by atoms with Crippen molar-refractivity contribution in [1.82, 2.24) is 0 Å². The Morgan fingerprint density at radius 3 is 1.08 bits per heavy atom. The maximum atomic E-state index is 13.1. The molecule has 0 heterocycles. The Morgan fingerprint density at radius 2 is 0.806 bits per heavy atom. The third kappa shape index (κ3) is 4.46. The van der Waals surface area contributed by atoms with E-state index in [2.05, 4.69) is 13.8 Å². The first kappa shape index (κ1) is 23.3. The maximum Gasteiger partial charge on any atom is 0.343 e. The number of carbonyl (C=O) groups is 2. The van der Waals surface area contributed by atoms with Crippen molar-refractivity contribution in [2.24, 2.45) is 0 Å². The molecule has 0 bridgehead atoms. The van der Waals surface area contributed by atoms with Crippen molar-refractivity contribution in [1.29, 1.82) is 0 Å². The fourth-order valence-corrected chi connectivity index (χ4v) is 4.32. The highest BCUT2D eigenvalue weighted by atomic mass is 16.5. The lowest BCUT2D eigenvalue weighted by Crippen LogP contribution is -2.11. The molecule has 0 aliphatic rings. The van der Waals surface area contributed by atoms with Crippen LogP contribution in [0.15, 0.2) is 97.1 Å². The topological polar surface area (TPSA) is 52.6 Å². The second-order valence-electron chi connectivity index (χ2n) is 8.63. The summed E-state index contributed by atoms with van der Waals surface area (Å²) >= 11 is 0. The minimum absolute atomic E-state index is 0.436. The molecule has 178 valence electrons. The van der Waals surface area contributed by atoms with Gasteiger partial charge in [-0.25, -0.2) is 9.59 Å². The molecule has 5 aromatic rings. The highest BCUT2D eigenvalue weighted by Crippen LogP contribution is 2.43. The molecule has 0 amide bonds. The van der Waals surface area contributed by atoms with E-state index in [-0.39, 0.29) is 0 Å². The van der Waals surface area contributed by atoms with E-state index in [1.165, 1.54) is 0 Å². The van der Waals surface area contributed by atoms with Gasteiger partial charge in [0.05, 0.1) is 11.1 Å². The van der Waals surface area contributed by atoms with Crippen molar-refractivity contribution in [3.05, 3.63) is 119 Å². The molecule has 0 radical (unpaired) electrons. The van der Waals surface area contributed by atoms with Gasteiger partial charge in [-0.15, -0.1) is 0 Å². The summed E-state index contributed by atoms with van der Waals surface area (Å²) < 4.78 is 12.0. The van der Waals surface area contributed by atoms with Gasteiger partial charge in [0.25, 0.3) is 0 Å². The molecule has 0 fully saturated rings. The van der Waals surface area contributed by atoms with Gasteiger partial charge in [0.2, 0.25) is 0 Å². The van der Waals surface area contributed by atoms with E-state index in [4.69, 9.17) is 9.47 Å². The Kier molecular flexibility index (Phi) is 6.50. The van der Waals surface area contributed by atoms with Crippen LogP contribution in [0.5, 0.6) is 11.5 Å². The molecule has 0 aliphatic heterocycles. The van der Waals surface area contributed by atoms with Crippen molar-refractivity contribution in [3.8, 4) is 11.5 Å². The first-order valence-electron chi connectivity index (χ1n) is 12.1. The van der Waals surface area contributed by atoms with E-state index < -0.39 is 11.9 Å². The third-order valence-electron chi connectivity index (χ3n) is 6.42. The van der Waals surface area contributed by atoms with E-state index in [0.717, 1.165) is 24.0 Å². The van der Waals surface area contributed by atoms with Crippen LogP contribution in [0.1, 0.15) is 45.7 Å². The second-order valence-corrected chi connectivity index (χ2v) is 8.63. The molecule has 36 heavy (non-hydrogen) atoms. The zero-order chi connectivity index (χ0) is 25.1. The molecule has 0 spiro atoms. The molecule has 5 rings (SSSR count). The van der Waals surface area contributed by atoms with Crippen LogP contribution in [0.25, 0.3) is 21.5 Å². The van der Waals surface area contributed by atoms with Crippen LogP contribution >= 0.6 is 0 Å². The molecule has 4 nitrogen and oxygen atoms in total. The zero-order valence-corrected chi connectivity index (χ0v) is 20.3. The van der Waals surface area contributed by atoms with Crippen molar-refractivity contribution >= 4 is 33.5 Å². The van der Waals surface area contributed by atoms with Gasteiger partial charge in [-0.05, 0) is 48.2 Å². The van der Waals surface area contributed by atoms with Gasteiger partial charge in [-0.1, -0.05) is 86.6 Å². The van der Waals surface area contributed by atoms with Crippen LogP contribution in [0.4, 0.5) is 0 Å². The van der Waals surface area contributed by atoms with Crippen LogP contribution in [-0.4, -0.2) is 11.9 Å². The van der Waals surface area contributed by atoms with Crippen molar-refractivity contribution in [2.75, 3.05) is 0 Å². The standard InChI is InChI=1S/C32H26O4/c1-3-21-13-17-23(18-14-21)31(33)35-29-25-9-5-7-11-27(25)30(28-12-8-6-10-26(28)29)36-32(34)24-19-15-22(4-2)16-20-24/h5-20H,3-4H2,1-2H3. The second kappa shape index (κ2) is 10.0. The van der Waals surface area contributed by atoms with Crippen LogP contribution in [0, 0.1) is 0 Å². The molecule has 0 aliphatic carbocycles. The number of fused-ring (bicyclic) bond motifs is 2. The first-order valence-corrected chi connectivity index (χ1v) is 12.1. The van der Waals surface area contributed by atoms with Gasteiger partial charge in [0.1, 0.15) is 11.5 Å². The molecule has 0 atom stereocenters. The van der Waals surface area contributed by atoms with Gasteiger partial charge < -0.3 is 9.47 Å². The summed E-state index contributed by atoms with van der Waals surface area (Å²) in [5.74, 6) is 0.0122. The highest BCUT2D eigenvalue weighted by Gasteiger charge is 2.21. The van der Waals surface area contributed by atoms with Crippen molar-refractivity contribution in [2.45, 2.75) is 26.7 Å². The Hall–Kier alpha value is -4.44. The third-order valence-corrected chi connectivity index (χ3v) is 6.42. The average Bonchev–Trinajstić information content (AvgIpc) is 2.94. The Morgan fingerprint density at radius 1 is 0.500 bits per heavy atom.